The number of ether oxygens (including phenoxy) is 2. The van der Waals surface area contributed by atoms with Crippen LogP contribution in [0.1, 0.15) is 80.0 Å². The lowest BCUT2D eigenvalue weighted by molar-refractivity contribution is -0.172. The van der Waals surface area contributed by atoms with Crippen molar-refractivity contribution < 1.29 is 33.4 Å². The maximum atomic E-state index is 15.2. The van der Waals surface area contributed by atoms with Gasteiger partial charge in [-0.25, -0.2) is 19.0 Å². The number of hydrogen-bond donors (Lipinski definition) is 2. The highest BCUT2D eigenvalue weighted by Gasteiger charge is 2.46. The number of halogens is 1. The van der Waals surface area contributed by atoms with E-state index in [1.54, 1.807) is 29.4 Å². The number of esters is 1. The molecular weight excluding hydrogens is 621 g/mol. The summed E-state index contributed by atoms with van der Waals surface area (Å²) in [6.45, 7) is 10.9. The predicted molar refractivity (Wildman–Crippen MR) is 173 cm³/mol. The lowest BCUT2D eigenvalue weighted by Crippen LogP contribution is -2.52. The van der Waals surface area contributed by atoms with Crippen LogP contribution in [-0.2, 0) is 44.2 Å². The molecule has 2 atom stereocenters. The molecule has 4 aliphatic rings. The minimum absolute atomic E-state index is 0.0169. The maximum Gasteiger partial charge on any atom is 0.410 e. The number of nitrogens with zero attached hydrogens (tertiary/aromatic N) is 4. The van der Waals surface area contributed by atoms with Crippen molar-refractivity contribution in [3.8, 4) is 11.4 Å². The molecule has 2 N–H and O–H groups in total. The van der Waals surface area contributed by atoms with E-state index in [0.717, 1.165) is 22.1 Å². The van der Waals surface area contributed by atoms with Gasteiger partial charge in [-0.3, -0.25) is 14.5 Å². The molecular formula is C35H40FN5O7. The number of hydrogen-bond acceptors (Lipinski definition) is 9. The van der Waals surface area contributed by atoms with Crippen molar-refractivity contribution in [2.75, 3.05) is 32.7 Å². The quantitative estimate of drug-likeness (QED) is 0.315. The highest BCUT2D eigenvalue weighted by atomic mass is 19.1. The molecule has 7 rings (SSSR count). The van der Waals surface area contributed by atoms with Crippen LogP contribution in [0.2, 0.25) is 0 Å². The van der Waals surface area contributed by atoms with Crippen LogP contribution in [0.5, 0.6) is 0 Å². The Kier molecular flexibility index (Phi) is 7.63. The highest BCUT2D eigenvalue weighted by molar-refractivity contribution is 5.94. The Morgan fingerprint density at radius 1 is 1.15 bits per heavy atom. The van der Waals surface area contributed by atoms with Crippen LogP contribution in [-0.4, -0.2) is 80.8 Å². The van der Waals surface area contributed by atoms with Crippen molar-refractivity contribution in [1.29, 1.82) is 0 Å². The average molecular weight is 662 g/mol. The lowest BCUT2D eigenvalue weighted by Gasteiger charge is -2.35. The predicted octanol–water partition coefficient (Wildman–Crippen LogP) is 3.18. The Bertz CT molecular complexity index is 1960. The van der Waals surface area contributed by atoms with Crippen LogP contribution in [0, 0.1) is 12.7 Å². The molecule has 0 unspecified atom stereocenters. The van der Waals surface area contributed by atoms with E-state index >= 15 is 4.39 Å². The van der Waals surface area contributed by atoms with Crippen LogP contribution in [0.25, 0.3) is 22.3 Å². The van der Waals surface area contributed by atoms with Gasteiger partial charge in [-0.05, 0) is 69.7 Å². The van der Waals surface area contributed by atoms with Crippen LogP contribution in [0.3, 0.4) is 0 Å². The van der Waals surface area contributed by atoms with E-state index in [1.165, 1.54) is 6.07 Å². The molecule has 0 radical (unpaired) electrons. The zero-order valence-electron chi connectivity index (χ0n) is 27.9. The Morgan fingerprint density at radius 2 is 1.88 bits per heavy atom. The second-order valence-electron chi connectivity index (χ2n) is 14.2. The number of piperazine rings is 1. The van der Waals surface area contributed by atoms with Gasteiger partial charge in [0.2, 0.25) is 5.91 Å². The van der Waals surface area contributed by atoms with Crippen molar-refractivity contribution >= 4 is 28.9 Å². The molecule has 13 heteroatoms. The van der Waals surface area contributed by atoms with E-state index in [4.69, 9.17) is 14.5 Å². The number of carbonyl (C=O) groups is 3. The zero-order chi connectivity index (χ0) is 34.3. The second-order valence-corrected chi connectivity index (χ2v) is 14.2. The minimum atomic E-state index is -1.97. The smallest absolute Gasteiger partial charge is 0.410 e. The van der Waals surface area contributed by atoms with Crippen LogP contribution in [0.4, 0.5) is 9.18 Å². The second kappa shape index (κ2) is 11.4. The summed E-state index contributed by atoms with van der Waals surface area (Å²) in [4.78, 5) is 61.1. The standard InChI is InChI=1S/C35H40FN5O7/c1-6-35(46)22-13-26-30-20(15-41(26)31(43)21(22)17-47-32(35)44)29-24(8-7-19-18(2)23(36)14-25(38-30)28(19)29)37-27(42)16-39-9-11-40(12-10-39)33(45)48-34(3,4)5/h13-14,24,46H,6-12,15-17H2,1-5H3,(H,37,42)/t24-,35-/m0/s1. The lowest BCUT2D eigenvalue weighted by atomic mass is 9.81. The maximum absolute atomic E-state index is 15.2. The number of amides is 2. The number of pyridine rings is 2. The van der Waals surface area contributed by atoms with E-state index in [2.05, 4.69) is 5.32 Å². The summed E-state index contributed by atoms with van der Waals surface area (Å²) in [5.74, 6) is -1.37. The first-order valence-electron chi connectivity index (χ1n) is 16.5. The molecule has 2 amide bonds. The molecule has 1 aromatic carbocycles. The van der Waals surface area contributed by atoms with Gasteiger partial charge in [-0.1, -0.05) is 6.92 Å². The van der Waals surface area contributed by atoms with E-state index in [0.29, 0.717) is 61.5 Å². The number of aromatic nitrogens is 2. The number of carbonyl (C=O) groups excluding carboxylic acids is 3. The SMILES string of the molecule is CC[C@@]1(O)C(=O)OCc2c1cc1n(c2=O)Cc2c-1nc1cc(F)c(C)c3c1c2[C@@H](NC(=O)CN1CCN(C(=O)OC(C)(C)C)CC1)CC3. The molecule has 254 valence electrons. The van der Waals surface area contributed by atoms with Crippen molar-refractivity contribution in [3.63, 3.8) is 0 Å². The fraction of sp³-hybridized carbons (Fsp3) is 0.514. The average Bonchev–Trinajstić information content (AvgIpc) is 3.40. The van der Waals surface area contributed by atoms with Gasteiger partial charge in [0.15, 0.2) is 5.60 Å². The summed E-state index contributed by atoms with van der Waals surface area (Å²) in [6.07, 6.45) is 0.718. The minimum Gasteiger partial charge on any atom is -0.458 e. The summed E-state index contributed by atoms with van der Waals surface area (Å²) in [5.41, 5.74) is 1.70. The monoisotopic (exact) mass is 661 g/mol. The molecule has 1 fully saturated rings. The Balaban J connectivity index is 1.22. The Morgan fingerprint density at radius 3 is 2.56 bits per heavy atom. The van der Waals surface area contributed by atoms with E-state index in [9.17, 15) is 24.3 Å². The van der Waals surface area contributed by atoms with Gasteiger partial charge >= 0.3 is 12.1 Å². The van der Waals surface area contributed by atoms with Crippen LogP contribution in [0.15, 0.2) is 16.9 Å². The Hall–Kier alpha value is -4.36. The van der Waals surface area contributed by atoms with Gasteiger partial charge in [0.25, 0.3) is 5.56 Å². The van der Waals surface area contributed by atoms with Crippen molar-refractivity contribution in [3.05, 3.63) is 61.7 Å². The normalized spacial score (nSPS) is 21.8. The third-order valence-corrected chi connectivity index (χ3v) is 10.1. The third kappa shape index (κ3) is 5.14. The largest absolute Gasteiger partial charge is 0.458 e. The van der Waals surface area contributed by atoms with Gasteiger partial charge in [-0.2, -0.15) is 0 Å². The number of aliphatic hydroxyl groups is 1. The van der Waals surface area contributed by atoms with Gasteiger partial charge in [-0.15, -0.1) is 0 Å². The van der Waals surface area contributed by atoms with Gasteiger partial charge < -0.3 is 29.4 Å². The first-order valence-corrected chi connectivity index (χ1v) is 16.5. The number of benzene rings is 1. The molecule has 1 aliphatic carbocycles. The third-order valence-electron chi connectivity index (χ3n) is 10.1. The topological polar surface area (TPSA) is 143 Å². The van der Waals surface area contributed by atoms with Gasteiger partial charge in [0, 0.05) is 48.8 Å². The molecule has 3 aliphatic heterocycles. The number of fused-ring (bicyclic) bond motifs is 5. The summed E-state index contributed by atoms with van der Waals surface area (Å²) < 4.78 is 27.5. The molecule has 0 saturated carbocycles. The van der Waals surface area contributed by atoms with E-state index < -0.39 is 23.2 Å². The number of nitrogens with one attached hydrogen (secondary N) is 1. The zero-order valence-corrected chi connectivity index (χ0v) is 27.9. The summed E-state index contributed by atoms with van der Waals surface area (Å²) in [7, 11) is 0. The number of cyclic esters (lactones) is 1. The number of rotatable bonds is 4. The summed E-state index contributed by atoms with van der Waals surface area (Å²) in [6, 6.07) is 2.61. The molecule has 0 bridgehead atoms. The molecule has 5 heterocycles. The fourth-order valence-corrected chi connectivity index (χ4v) is 7.56. The van der Waals surface area contributed by atoms with Crippen LogP contribution < -0.4 is 10.9 Å². The Labute approximate surface area is 276 Å². The molecule has 12 nitrogen and oxygen atoms in total. The van der Waals surface area contributed by atoms with Gasteiger partial charge in [0.1, 0.15) is 18.0 Å². The van der Waals surface area contributed by atoms with Gasteiger partial charge in [0.05, 0.1) is 41.6 Å². The van der Waals surface area contributed by atoms with Crippen molar-refractivity contribution in [2.45, 2.75) is 84.3 Å². The summed E-state index contributed by atoms with van der Waals surface area (Å²) in [5, 5.41) is 15.3. The molecule has 0 spiro atoms. The van der Waals surface area contributed by atoms with E-state index in [1.807, 2.05) is 25.7 Å². The first-order chi connectivity index (χ1) is 22.7. The highest BCUT2D eigenvalue weighted by Crippen LogP contribution is 2.46. The molecule has 48 heavy (non-hydrogen) atoms. The van der Waals surface area contributed by atoms with Crippen LogP contribution >= 0.6 is 0 Å². The van der Waals surface area contributed by atoms with Crippen molar-refractivity contribution in [1.82, 2.24) is 24.7 Å². The molecule has 1 saturated heterocycles. The molecule has 2 aromatic heterocycles. The number of aryl methyl sites for hydroxylation is 1. The van der Waals surface area contributed by atoms with E-state index in [-0.39, 0.29) is 60.6 Å². The fourth-order valence-electron chi connectivity index (χ4n) is 7.56. The van der Waals surface area contributed by atoms with Crippen molar-refractivity contribution in [2.24, 2.45) is 0 Å². The summed E-state index contributed by atoms with van der Waals surface area (Å²) >= 11 is 0. The first kappa shape index (κ1) is 32.2. The molecule has 3 aromatic rings.